The predicted octanol–water partition coefficient (Wildman–Crippen LogP) is 2.05. The fourth-order valence-corrected chi connectivity index (χ4v) is 4.62. The molecule has 2 aromatic heterocycles. The van der Waals surface area contributed by atoms with E-state index in [0.717, 1.165) is 16.8 Å². The van der Waals surface area contributed by atoms with Crippen LogP contribution in [0.5, 0.6) is 5.75 Å². The maximum atomic E-state index is 9.49. The summed E-state index contributed by atoms with van der Waals surface area (Å²) >= 11 is -0.658. The summed E-state index contributed by atoms with van der Waals surface area (Å²) in [4.78, 5) is 17.6. The molecule has 163 valence electrons. The topological polar surface area (TPSA) is 126 Å². The second kappa shape index (κ2) is 10.4. The van der Waals surface area contributed by atoms with Crippen molar-refractivity contribution in [3.63, 3.8) is 0 Å². The molecule has 0 aliphatic rings. The Hall–Kier alpha value is -3.26. The molecule has 0 atom stereocenters. The molecule has 0 spiro atoms. The van der Waals surface area contributed by atoms with Gasteiger partial charge in [0.1, 0.15) is 0 Å². The van der Waals surface area contributed by atoms with E-state index in [4.69, 9.17) is 9.15 Å². The fourth-order valence-electron chi connectivity index (χ4n) is 2.95. The van der Waals surface area contributed by atoms with Crippen LogP contribution in [-0.4, -0.2) is 66.2 Å². The van der Waals surface area contributed by atoms with Crippen molar-refractivity contribution >= 4 is 32.0 Å². The summed E-state index contributed by atoms with van der Waals surface area (Å²) in [6, 6.07) is 15.1. The van der Waals surface area contributed by atoms with Crippen LogP contribution in [0.3, 0.4) is 0 Å². The number of aliphatic hydroxyl groups is 2. The number of anilines is 2. The van der Waals surface area contributed by atoms with Crippen molar-refractivity contribution in [2.24, 2.45) is 0 Å². The number of aromatic nitrogens is 4. The van der Waals surface area contributed by atoms with Crippen molar-refractivity contribution in [3.05, 3.63) is 61.1 Å². The first-order valence-corrected chi connectivity index (χ1v) is 11.8. The van der Waals surface area contributed by atoms with Crippen molar-refractivity contribution < 1.29 is 19.4 Å². The van der Waals surface area contributed by atoms with Crippen LogP contribution in [0.2, 0.25) is 4.71 Å². The number of nitrogens with one attached hydrogen (secondary N) is 1. The summed E-state index contributed by atoms with van der Waals surface area (Å²) in [5.74, 6) is 2.10. The molecule has 4 rings (SSSR count). The Morgan fingerprint density at radius 3 is 2.56 bits per heavy atom. The van der Waals surface area contributed by atoms with Crippen molar-refractivity contribution in [2.45, 2.75) is 4.71 Å². The molecule has 0 amide bonds. The Balaban J connectivity index is 1.68. The quantitative estimate of drug-likeness (QED) is 0.300. The Labute approximate surface area is 191 Å². The summed E-state index contributed by atoms with van der Waals surface area (Å²) in [6.07, 6.45) is 2.99. The number of benzene rings is 2. The van der Waals surface area contributed by atoms with E-state index in [1.54, 1.807) is 13.3 Å². The molecule has 9 nitrogen and oxygen atoms in total. The first kappa shape index (κ1) is 22.0. The van der Waals surface area contributed by atoms with Gasteiger partial charge in [-0.2, -0.15) is 0 Å². The van der Waals surface area contributed by atoms with Crippen molar-refractivity contribution in [2.75, 3.05) is 25.6 Å². The van der Waals surface area contributed by atoms with Gasteiger partial charge in [0.05, 0.1) is 0 Å². The Bertz CT molecular complexity index is 1150. The molecule has 2 heterocycles. The molecule has 4 aromatic rings. The first-order chi connectivity index (χ1) is 15.7. The minimum atomic E-state index is -0.658. The van der Waals surface area contributed by atoms with Crippen LogP contribution in [0.25, 0.3) is 22.7 Å². The third-order valence-electron chi connectivity index (χ3n) is 4.53. The Kier molecular flexibility index (Phi) is 7.11. The van der Waals surface area contributed by atoms with E-state index >= 15 is 0 Å². The number of oxazole rings is 1. The predicted molar refractivity (Wildman–Crippen MR) is 120 cm³/mol. The SMILES string of the molecule is COc1cc(Nc2nc([As]C(CO)CO)nc(-c3ccccc3)n2)ccc1-c1cnco1. The number of ether oxygens (including phenoxy) is 1. The van der Waals surface area contributed by atoms with E-state index in [2.05, 4.69) is 25.3 Å². The van der Waals surface area contributed by atoms with Crippen LogP contribution in [0.15, 0.2) is 65.5 Å². The number of hydrogen-bond acceptors (Lipinski definition) is 9. The van der Waals surface area contributed by atoms with Gasteiger partial charge in [-0.3, -0.25) is 0 Å². The van der Waals surface area contributed by atoms with E-state index in [0.29, 0.717) is 27.9 Å². The maximum absolute atomic E-state index is 9.49. The average molecular weight is 494 g/mol. The van der Waals surface area contributed by atoms with Gasteiger partial charge in [-0.25, -0.2) is 0 Å². The molecule has 32 heavy (non-hydrogen) atoms. The van der Waals surface area contributed by atoms with Crippen LogP contribution >= 0.6 is 0 Å². The molecule has 2 aromatic carbocycles. The summed E-state index contributed by atoms with van der Waals surface area (Å²) in [6.45, 7) is -0.238. The van der Waals surface area contributed by atoms with Gasteiger partial charge in [0.15, 0.2) is 0 Å². The summed E-state index contributed by atoms with van der Waals surface area (Å²) in [7, 11) is 1.58. The van der Waals surface area contributed by atoms with Gasteiger partial charge in [0.25, 0.3) is 0 Å². The van der Waals surface area contributed by atoms with Crippen LogP contribution < -0.4 is 14.7 Å². The number of aliphatic hydroxyl groups excluding tert-OH is 2. The first-order valence-electron chi connectivity index (χ1n) is 9.78. The molecular formula is C22H21AsN5O4. The molecule has 0 fully saturated rings. The molecule has 10 heteroatoms. The number of nitrogens with zero attached hydrogens (tertiary/aromatic N) is 4. The standard InChI is InChI=1S/C22H21AsN5O4/c1-31-18-9-16(7-8-17(18)19-10-24-13-32-19)25-22-27-20(14-5-3-2-4-6-14)26-21(28-22)23-15(11-29)12-30/h2-10,13,15,29-30H,11-12H2,1H3,(H,25,26,27,28). The van der Waals surface area contributed by atoms with Crippen molar-refractivity contribution in [1.82, 2.24) is 19.9 Å². The zero-order chi connectivity index (χ0) is 22.3. The van der Waals surface area contributed by atoms with E-state index in [1.165, 1.54) is 6.39 Å². The molecule has 0 unspecified atom stereocenters. The van der Waals surface area contributed by atoms with Gasteiger partial charge < -0.3 is 0 Å². The molecule has 0 aliphatic heterocycles. The van der Waals surface area contributed by atoms with Gasteiger partial charge in [0.2, 0.25) is 0 Å². The molecule has 0 aliphatic carbocycles. The van der Waals surface area contributed by atoms with Gasteiger partial charge in [0, 0.05) is 0 Å². The monoisotopic (exact) mass is 494 g/mol. The van der Waals surface area contributed by atoms with Crippen LogP contribution in [0, 0.1) is 0 Å². The van der Waals surface area contributed by atoms with Crippen molar-refractivity contribution in [1.29, 1.82) is 0 Å². The zero-order valence-electron chi connectivity index (χ0n) is 17.2. The number of methoxy groups -OCH3 is 1. The van der Waals surface area contributed by atoms with Gasteiger partial charge in [-0.05, 0) is 0 Å². The van der Waals surface area contributed by atoms with E-state index < -0.39 is 15.8 Å². The van der Waals surface area contributed by atoms with Gasteiger partial charge in [-0.15, -0.1) is 0 Å². The molecule has 0 saturated carbocycles. The van der Waals surface area contributed by atoms with E-state index in [1.807, 2.05) is 48.5 Å². The molecule has 0 saturated heterocycles. The summed E-state index contributed by atoms with van der Waals surface area (Å²) < 4.78 is 11.2. The number of rotatable bonds is 9. The second-order valence-corrected chi connectivity index (χ2v) is 9.62. The summed E-state index contributed by atoms with van der Waals surface area (Å²) in [5, 5.41) is 22.2. The summed E-state index contributed by atoms with van der Waals surface area (Å²) in [5.41, 5.74) is 2.34. The Morgan fingerprint density at radius 2 is 1.88 bits per heavy atom. The third kappa shape index (κ3) is 5.13. The van der Waals surface area contributed by atoms with Crippen molar-refractivity contribution in [3.8, 4) is 28.5 Å². The Morgan fingerprint density at radius 1 is 1.06 bits per heavy atom. The van der Waals surface area contributed by atoms with Crippen LogP contribution in [0.1, 0.15) is 0 Å². The van der Waals surface area contributed by atoms with Gasteiger partial charge in [-0.1, -0.05) is 0 Å². The third-order valence-corrected chi connectivity index (χ3v) is 6.89. The molecule has 1 radical (unpaired) electrons. The van der Waals surface area contributed by atoms with Gasteiger partial charge >= 0.3 is 191 Å². The molecule has 0 bridgehead atoms. The van der Waals surface area contributed by atoms with E-state index in [9.17, 15) is 10.2 Å². The van der Waals surface area contributed by atoms with Crippen LogP contribution in [-0.2, 0) is 0 Å². The second-order valence-electron chi connectivity index (χ2n) is 6.70. The van der Waals surface area contributed by atoms with Crippen LogP contribution in [0.4, 0.5) is 11.6 Å². The molecular weight excluding hydrogens is 473 g/mol. The minimum absolute atomic E-state index is 0.119. The fraction of sp³-hybridized carbons (Fsp3) is 0.182. The molecule has 3 N–H and O–H groups in total. The number of hydrogen-bond donors (Lipinski definition) is 3. The van der Waals surface area contributed by atoms with E-state index in [-0.39, 0.29) is 17.9 Å². The zero-order valence-corrected chi connectivity index (χ0v) is 19.1. The normalized spacial score (nSPS) is 11.4. The average Bonchev–Trinajstić information content (AvgIpc) is 3.37.